The molecule has 0 aliphatic carbocycles. The first kappa shape index (κ1) is 16.9. The molecule has 0 atom stereocenters. The van der Waals surface area contributed by atoms with Gasteiger partial charge in [0.25, 0.3) is 5.91 Å². The van der Waals surface area contributed by atoms with Gasteiger partial charge in [-0.3, -0.25) is 9.78 Å². The molecule has 0 bridgehead atoms. The summed E-state index contributed by atoms with van der Waals surface area (Å²) in [7, 11) is 2.02. The minimum Gasteiger partial charge on any atom is -0.373 e. The molecule has 2 aromatic heterocycles. The van der Waals surface area contributed by atoms with E-state index in [4.69, 9.17) is 0 Å². The maximum Gasteiger partial charge on any atom is 0.270 e. The number of hydrogen-bond acceptors (Lipinski definition) is 4. The van der Waals surface area contributed by atoms with Gasteiger partial charge in [-0.2, -0.15) is 0 Å². The molecule has 2 heterocycles. The minimum atomic E-state index is -0.265. The monoisotopic (exact) mass is 312 g/mol. The minimum absolute atomic E-state index is 0.150. The zero-order valence-corrected chi connectivity index (χ0v) is 14.2. The van der Waals surface area contributed by atoms with Crippen LogP contribution in [-0.4, -0.2) is 35.0 Å². The number of amides is 1. The van der Waals surface area contributed by atoms with Gasteiger partial charge in [0.05, 0.1) is 11.9 Å². The van der Waals surface area contributed by atoms with Crippen molar-refractivity contribution in [3.05, 3.63) is 54.1 Å². The number of carbonyl (C=O) groups is 1. The van der Waals surface area contributed by atoms with Crippen LogP contribution in [0.15, 0.2) is 42.9 Å². The number of nitrogens with zero attached hydrogens (tertiary/aromatic N) is 3. The van der Waals surface area contributed by atoms with Crippen LogP contribution < -0.4 is 10.2 Å². The Morgan fingerprint density at radius 2 is 1.87 bits per heavy atom. The van der Waals surface area contributed by atoms with Gasteiger partial charge in [0.2, 0.25) is 0 Å². The lowest BCUT2D eigenvalue weighted by molar-refractivity contribution is 0.0914. The number of carbonyl (C=O) groups excluding carboxylic acids is 1. The second-order valence-electron chi connectivity index (χ2n) is 6.63. The molecule has 5 nitrogen and oxygen atoms in total. The van der Waals surface area contributed by atoms with Gasteiger partial charge < -0.3 is 10.2 Å². The van der Waals surface area contributed by atoms with Crippen molar-refractivity contribution >= 4 is 11.6 Å². The number of rotatable bonds is 5. The fraction of sp³-hybridized carbons (Fsp3) is 0.389. The molecule has 0 saturated carbocycles. The Kier molecular flexibility index (Phi) is 5.32. The largest absolute Gasteiger partial charge is 0.373 e. The summed E-state index contributed by atoms with van der Waals surface area (Å²) < 4.78 is 0. The Morgan fingerprint density at radius 3 is 2.43 bits per heavy atom. The summed E-state index contributed by atoms with van der Waals surface area (Å²) in [6.07, 6.45) is 6.29. The quantitative estimate of drug-likeness (QED) is 0.922. The molecular formula is C18H24N4O. The van der Waals surface area contributed by atoms with Crippen LogP contribution in [0.4, 0.5) is 5.69 Å². The number of hydrogen-bond donors (Lipinski definition) is 1. The maximum absolute atomic E-state index is 12.1. The van der Waals surface area contributed by atoms with Gasteiger partial charge in [0, 0.05) is 31.5 Å². The van der Waals surface area contributed by atoms with Crippen molar-refractivity contribution in [2.45, 2.75) is 32.7 Å². The zero-order chi connectivity index (χ0) is 16.9. The van der Waals surface area contributed by atoms with Crippen molar-refractivity contribution in [2.24, 2.45) is 0 Å². The third-order valence-electron chi connectivity index (χ3n) is 3.40. The highest BCUT2D eigenvalue weighted by Crippen LogP contribution is 2.13. The van der Waals surface area contributed by atoms with Crippen molar-refractivity contribution in [1.82, 2.24) is 15.3 Å². The van der Waals surface area contributed by atoms with E-state index in [-0.39, 0.29) is 11.4 Å². The highest BCUT2D eigenvalue weighted by Gasteiger charge is 2.16. The number of anilines is 1. The Bertz CT molecular complexity index is 632. The van der Waals surface area contributed by atoms with Crippen LogP contribution in [0.3, 0.4) is 0 Å². The summed E-state index contributed by atoms with van der Waals surface area (Å²) in [4.78, 5) is 22.5. The Morgan fingerprint density at radius 1 is 1.17 bits per heavy atom. The molecule has 5 heteroatoms. The molecule has 0 fully saturated rings. The van der Waals surface area contributed by atoms with Gasteiger partial charge in [0.1, 0.15) is 5.69 Å². The second kappa shape index (κ2) is 7.22. The van der Waals surface area contributed by atoms with E-state index in [2.05, 4.69) is 20.2 Å². The average Bonchev–Trinajstić information content (AvgIpc) is 2.52. The normalized spacial score (nSPS) is 11.1. The molecule has 1 amide bonds. The SMILES string of the molecule is CN(CCc1ccncc1)c1ccc(C(=O)NC(C)(C)C)nc1. The van der Waals surface area contributed by atoms with E-state index >= 15 is 0 Å². The summed E-state index contributed by atoms with van der Waals surface area (Å²) in [5.41, 5.74) is 2.41. The van der Waals surface area contributed by atoms with E-state index in [1.165, 1.54) is 5.56 Å². The highest BCUT2D eigenvalue weighted by molar-refractivity contribution is 5.92. The van der Waals surface area contributed by atoms with E-state index in [0.29, 0.717) is 5.69 Å². The number of aromatic nitrogens is 2. The van der Waals surface area contributed by atoms with Crippen LogP contribution in [0.2, 0.25) is 0 Å². The number of pyridine rings is 2. The predicted molar refractivity (Wildman–Crippen MR) is 92.7 cm³/mol. The zero-order valence-electron chi connectivity index (χ0n) is 14.2. The lowest BCUT2D eigenvalue weighted by Crippen LogP contribution is -2.40. The Balaban J connectivity index is 1.94. The average molecular weight is 312 g/mol. The van der Waals surface area contributed by atoms with Crippen molar-refractivity contribution in [1.29, 1.82) is 0 Å². The lowest BCUT2D eigenvalue weighted by atomic mass is 10.1. The van der Waals surface area contributed by atoms with Crippen molar-refractivity contribution in [3.63, 3.8) is 0 Å². The standard InChI is InChI=1S/C18H24N4O/c1-18(2,3)21-17(23)16-6-5-15(13-20-16)22(4)12-9-14-7-10-19-11-8-14/h5-8,10-11,13H,9,12H2,1-4H3,(H,21,23). The molecule has 0 unspecified atom stereocenters. The fourth-order valence-corrected chi connectivity index (χ4v) is 2.13. The first-order chi connectivity index (χ1) is 10.8. The van der Waals surface area contributed by atoms with Crippen molar-refractivity contribution in [3.8, 4) is 0 Å². The highest BCUT2D eigenvalue weighted by atomic mass is 16.2. The van der Waals surface area contributed by atoms with E-state index in [0.717, 1.165) is 18.7 Å². The van der Waals surface area contributed by atoms with E-state index in [1.807, 2.05) is 46.0 Å². The van der Waals surface area contributed by atoms with Gasteiger partial charge in [-0.15, -0.1) is 0 Å². The van der Waals surface area contributed by atoms with Crippen molar-refractivity contribution in [2.75, 3.05) is 18.5 Å². The summed E-state index contributed by atoms with van der Waals surface area (Å²) in [5.74, 6) is -0.150. The van der Waals surface area contributed by atoms with Gasteiger partial charge in [-0.1, -0.05) is 0 Å². The molecule has 2 rings (SSSR count). The van der Waals surface area contributed by atoms with Crippen molar-refractivity contribution < 1.29 is 4.79 Å². The van der Waals surface area contributed by atoms with Crippen LogP contribution in [-0.2, 0) is 6.42 Å². The van der Waals surface area contributed by atoms with Gasteiger partial charge in [0.15, 0.2) is 0 Å². The first-order valence-electron chi connectivity index (χ1n) is 7.74. The third kappa shape index (κ3) is 5.36. The molecule has 1 N–H and O–H groups in total. The maximum atomic E-state index is 12.1. The smallest absolute Gasteiger partial charge is 0.270 e. The van der Waals surface area contributed by atoms with Crippen LogP contribution in [0.1, 0.15) is 36.8 Å². The van der Waals surface area contributed by atoms with Gasteiger partial charge >= 0.3 is 0 Å². The molecule has 0 aliphatic heterocycles. The summed E-state index contributed by atoms with van der Waals surface area (Å²) in [6, 6.07) is 7.73. The second-order valence-corrected chi connectivity index (χ2v) is 6.63. The molecule has 0 aromatic carbocycles. The van der Waals surface area contributed by atoms with Crippen LogP contribution in [0, 0.1) is 0 Å². The molecule has 2 aromatic rings. The third-order valence-corrected chi connectivity index (χ3v) is 3.40. The number of likely N-dealkylation sites (N-methyl/N-ethyl adjacent to an activating group) is 1. The van der Waals surface area contributed by atoms with E-state index < -0.39 is 0 Å². The lowest BCUT2D eigenvalue weighted by Gasteiger charge is -2.21. The molecule has 0 spiro atoms. The van der Waals surface area contributed by atoms with E-state index in [1.54, 1.807) is 24.7 Å². The molecule has 0 radical (unpaired) electrons. The summed E-state index contributed by atoms with van der Waals surface area (Å²) >= 11 is 0. The molecular weight excluding hydrogens is 288 g/mol. The van der Waals surface area contributed by atoms with Gasteiger partial charge in [-0.05, 0) is 57.0 Å². The van der Waals surface area contributed by atoms with Gasteiger partial charge in [-0.25, -0.2) is 4.98 Å². The Hall–Kier alpha value is -2.43. The predicted octanol–water partition coefficient (Wildman–Crippen LogP) is 2.68. The molecule has 0 saturated heterocycles. The fourth-order valence-electron chi connectivity index (χ4n) is 2.13. The summed E-state index contributed by atoms with van der Waals surface area (Å²) in [6.45, 7) is 6.73. The van der Waals surface area contributed by atoms with Crippen LogP contribution >= 0.6 is 0 Å². The van der Waals surface area contributed by atoms with Crippen LogP contribution in [0.5, 0.6) is 0 Å². The number of nitrogens with one attached hydrogen (secondary N) is 1. The topological polar surface area (TPSA) is 58.1 Å². The first-order valence-corrected chi connectivity index (χ1v) is 7.74. The Labute approximate surface area is 137 Å². The van der Waals surface area contributed by atoms with E-state index in [9.17, 15) is 4.79 Å². The summed E-state index contributed by atoms with van der Waals surface area (Å²) in [5, 5.41) is 2.91. The molecule has 23 heavy (non-hydrogen) atoms. The van der Waals surface area contributed by atoms with Crippen LogP contribution in [0.25, 0.3) is 0 Å². The molecule has 122 valence electrons. The molecule has 0 aliphatic rings.